The second-order valence-electron chi connectivity index (χ2n) is 4.47. The lowest BCUT2D eigenvalue weighted by atomic mass is 10.3. The van der Waals surface area contributed by atoms with Crippen LogP contribution in [-0.2, 0) is 30.0 Å². The number of halogens is 1. The fourth-order valence-electron chi connectivity index (χ4n) is 1.88. The minimum Gasteiger partial charge on any atom is -0.452 e. The molecular formula is C12H17BrN4O3S. The number of furan rings is 1. The first-order valence-corrected chi connectivity index (χ1v) is 8.61. The van der Waals surface area contributed by atoms with E-state index in [1.165, 1.54) is 6.07 Å². The van der Waals surface area contributed by atoms with Gasteiger partial charge in [-0.2, -0.15) is 5.10 Å². The molecule has 116 valence electrons. The first-order chi connectivity index (χ1) is 9.94. The van der Waals surface area contributed by atoms with Crippen LogP contribution < -0.4 is 10.0 Å². The number of aromatic nitrogens is 2. The Morgan fingerprint density at radius 2 is 2.24 bits per heavy atom. The Balaban J connectivity index is 2.03. The third kappa shape index (κ3) is 3.94. The number of aryl methyl sites for hydroxylation is 1. The molecule has 2 aromatic heterocycles. The van der Waals surface area contributed by atoms with Crippen molar-refractivity contribution in [3.8, 4) is 0 Å². The third-order valence-electron chi connectivity index (χ3n) is 2.94. The fraction of sp³-hybridized carbons (Fsp3) is 0.417. The Morgan fingerprint density at radius 3 is 2.86 bits per heavy atom. The van der Waals surface area contributed by atoms with Crippen molar-refractivity contribution >= 4 is 26.0 Å². The topological polar surface area (TPSA) is 89.2 Å². The molecule has 0 aliphatic heterocycles. The van der Waals surface area contributed by atoms with E-state index in [0.717, 1.165) is 5.69 Å². The highest BCUT2D eigenvalue weighted by Crippen LogP contribution is 2.25. The van der Waals surface area contributed by atoms with E-state index in [4.69, 9.17) is 4.42 Å². The predicted octanol–water partition coefficient (Wildman–Crippen LogP) is 1.02. The van der Waals surface area contributed by atoms with Gasteiger partial charge < -0.3 is 9.73 Å². The zero-order chi connectivity index (χ0) is 15.5. The summed E-state index contributed by atoms with van der Waals surface area (Å²) in [5, 5.41) is 6.94. The summed E-state index contributed by atoms with van der Waals surface area (Å²) in [6.07, 6.45) is 2.25. The molecule has 0 spiro atoms. The van der Waals surface area contributed by atoms with Crippen LogP contribution in [0.25, 0.3) is 0 Å². The van der Waals surface area contributed by atoms with Crippen LogP contribution in [-0.4, -0.2) is 31.8 Å². The molecular weight excluding hydrogens is 360 g/mol. The van der Waals surface area contributed by atoms with Crippen molar-refractivity contribution in [1.82, 2.24) is 19.8 Å². The highest BCUT2D eigenvalue weighted by molar-refractivity contribution is 9.10. The maximum atomic E-state index is 12.2. The zero-order valence-electron chi connectivity index (χ0n) is 11.8. The van der Waals surface area contributed by atoms with Crippen molar-refractivity contribution in [2.24, 2.45) is 7.05 Å². The molecule has 2 heterocycles. The standard InChI is InChI=1S/C12H17BrN4O3S/c1-14-8-10-7-11(12(13)20-10)21(18,19)16-6-4-9-3-5-15-17(9)2/h3,5,7,14,16H,4,6,8H2,1-2H3. The highest BCUT2D eigenvalue weighted by Gasteiger charge is 2.22. The number of hydrogen-bond acceptors (Lipinski definition) is 5. The number of nitrogens with zero attached hydrogens (tertiary/aromatic N) is 2. The van der Waals surface area contributed by atoms with E-state index in [1.54, 1.807) is 17.9 Å². The summed E-state index contributed by atoms with van der Waals surface area (Å²) in [6, 6.07) is 3.36. The van der Waals surface area contributed by atoms with Crippen LogP contribution in [0.2, 0.25) is 0 Å². The summed E-state index contributed by atoms with van der Waals surface area (Å²) < 4.78 is 34.3. The van der Waals surface area contributed by atoms with Crippen LogP contribution >= 0.6 is 15.9 Å². The predicted molar refractivity (Wildman–Crippen MR) is 81.3 cm³/mol. The van der Waals surface area contributed by atoms with Gasteiger partial charge in [0.25, 0.3) is 0 Å². The molecule has 2 N–H and O–H groups in total. The van der Waals surface area contributed by atoms with Crippen molar-refractivity contribution in [1.29, 1.82) is 0 Å². The summed E-state index contributed by atoms with van der Waals surface area (Å²) in [5.41, 5.74) is 0.958. The molecule has 0 fully saturated rings. The second kappa shape index (κ2) is 6.73. The minimum absolute atomic E-state index is 0.109. The molecule has 0 aliphatic carbocycles. The Kier molecular flexibility index (Phi) is 5.20. The smallest absolute Gasteiger partial charge is 0.244 e. The van der Waals surface area contributed by atoms with E-state index in [2.05, 4.69) is 31.1 Å². The molecule has 0 aromatic carbocycles. The van der Waals surface area contributed by atoms with Gasteiger partial charge in [0.1, 0.15) is 10.7 Å². The summed E-state index contributed by atoms with van der Waals surface area (Å²) in [4.78, 5) is 0.109. The van der Waals surface area contributed by atoms with Crippen molar-refractivity contribution in [2.45, 2.75) is 17.9 Å². The molecule has 0 aliphatic rings. The normalized spacial score (nSPS) is 12.0. The summed E-state index contributed by atoms with van der Waals surface area (Å²) in [7, 11) is -0.0219. The molecule has 0 amide bonds. The maximum Gasteiger partial charge on any atom is 0.244 e. The van der Waals surface area contributed by atoms with Crippen LogP contribution in [0.15, 0.2) is 32.3 Å². The third-order valence-corrected chi connectivity index (χ3v) is 5.26. The van der Waals surface area contributed by atoms with Crippen molar-refractivity contribution in [2.75, 3.05) is 13.6 Å². The number of hydrogen-bond donors (Lipinski definition) is 2. The molecule has 7 nitrogen and oxygen atoms in total. The molecule has 21 heavy (non-hydrogen) atoms. The number of nitrogens with one attached hydrogen (secondary N) is 2. The molecule has 0 radical (unpaired) electrons. The first kappa shape index (κ1) is 16.2. The molecule has 0 saturated heterocycles. The summed E-state index contributed by atoms with van der Waals surface area (Å²) in [5.74, 6) is 0.552. The maximum absolute atomic E-state index is 12.2. The van der Waals surface area contributed by atoms with Crippen LogP contribution in [0, 0.1) is 0 Å². The fourth-order valence-corrected chi connectivity index (χ4v) is 3.91. The average Bonchev–Trinajstić information content (AvgIpc) is 2.97. The summed E-state index contributed by atoms with van der Waals surface area (Å²) in [6.45, 7) is 0.754. The zero-order valence-corrected chi connectivity index (χ0v) is 14.2. The van der Waals surface area contributed by atoms with Gasteiger partial charge in [-0.15, -0.1) is 0 Å². The summed E-state index contributed by atoms with van der Waals surface area (Å²) >= 11 is 3.14. The van der Waals surface area contributed by atoms with Gasteiger partial charge in [0.2, 0.25) is 10.0 Å². The van der Waals surface area contributed by atoms with Gasteiger partial charge in [-0.1, -0.05) is 0 Å². The Hall–Kier alpha value is -1.16. The van der Waals surface area contributed by atoms with Gasteiger partial charge in [-0.25, -0.2) is 13.1 Å². The van der Waals surface area contributed by atoms with Crippen LogP contribution in [0.3, 0.4) is 0 Å². The Morgan fingerprint density at radius 1 is 1.48 bits per heavy atom. The van der Waals surface area contributed by atoms with E-state index < -0.39 is 10.0 Å². The Labute approximate surface area is 131 Å². The average molecular weight is 377 g/mol. The van der Waals surface area contributed by atoms with Crippen LogP contribution in [0.4, 0.5) is 0 Å². The highest BCUT2D eigenvalue weighted by atomic mass is 79.9. The van der Waals surface area contributed by atoms with E-state index in [9.17, 15) is 8.42 Å². The number of sulfonamides is 1. The SMILES string of the molecule is CNCc1cc(S(=O)(=O)NCCc2ccnn2C)c(Br)o1. The molecule has 0 bridgehead atoms. The van der Waals surface area contributed by atoms with Crippen LogP contribution in [0.5, 0.6) is 0 Å². The van der Waals surface area contributed by atoms with Gasteiger partial charge >= 0.3 is 0 Å². The second-order valence-corrected chi connectivity index (χ2v) is 6.93. The molecule has 0 unspecified atom stereocenters. The van der Waals surface area contributed by atoms with E-state index in [0.29, 0.717) is 25.3 Å². The number of rotatable bonds is 7. The molecule has 0 saturated carbocycles. The van der Waals surface area contributed by atoms with Gasteiger partial charge in [0.05, 0.1) is 6.54 Å². The van der Waals surface area contributed by atoms with E-state index in [1.807, 2.05) is 13.1 Å². The van der Waals surface area contributed by atoms with Gasteiger partial charge in [-0.3, -0.25) is 4.68 Å². The molecule has 2 rings (SSSR count). The minimum atomic E-state index is -3.60. The van der Waals surface area contributed by atoms with E-state index >= 15 is 0 Å². The lowest BCUT2D eigenvalue weighted by Crippen LogP contribution is -2.26. The Bertz CT molecular complexity index is 708. The van der Waals surface area contributed by atoms with Crippen LogP contribution in [0.1, 0.15) is 11.5 Å². The monoisotopic (exact) mass is 376 g/mol. The lowest BCUT2D eigenvalue weighted by molar-refractivity contribution is 0.470. The van der Waals surface area contributed by atoms with Crippen molar-refractivity contribution in [3.05, 3.63) is 34.5 Å². The quantitative estimate of drug-likeness (QED) is 0.752. The van der Waals surface area contributed by atoms with E-state index in [-0.39, 0.29) is 9.56 Å². The molecule has 9 heteroatoms. The van der Waals surface area contributed by atoms with Gasteiger partial charge in [-0.05, 0) is 29.0 Å². The van der Waals surface area contributed by atoms with Crippen molar-refractivity contribution < 1.29 is 12.8 Å². The first-order valence-electron chi connectivity index (χ1n) is 6.33. The molecule has 0 atom stereocenters. The van der Waals surface area contributed by atoms with Crippen molar-refractivity contribution in [3.63, 3.8) is 0 Å². The lowest BCUT2D eigenvalue weighted by Gasteiger charge is -2.05. The molecule has 2 aromatic rings. The van der Waals surface area contributed by atoms with Gasteiger partial charge in [0, 0.05) is 38.0 Å². The van der Waals surface area contributed by atoms with Gasteiger partial charge in [0.15, 0.2) is 4.67 Å². The largest absolute Gasteiger partial charge is 0.452 e.